The molecule has 1 saturated heterocycles. The Morgan fingerprint density at radius 1 is 1.45 bits per heavy atom. The highest BCUT2D eigenvalue weighted by molar-refractivity contribution is 7.09. The first-order valence-electron chi connectivity index (χ1n) is 10.0. The minimum atomic E-state index is -0.0322. The number of benzene rings is 1. The predicted octanol–water partition coefficient (Wildman–Crippen LogP) is 4.49. The highest BCUT2D eigenvalue weighted by Crippen LogP contribution is 2.25. The van der Waals surface area contributed by atoms with Crippen LogP contribution < -0.4 is 4.80 Å². The molecule has 0 spiro atoms. The third-order valence-corrected chi connectivity index (χ3v) is 6.48. The van der Waals surface area contributed by atoms with E-state index in [1.807, 2.05) is 6.19 Å². The lowest BCUT2D eigenvalue weighted by Gasteiger charge is -2.15. The number of nitriles is 1. The van der Waals surface area contributed by atoms with Gasteiger partial charge in [0.05, 0.1) is 18.9 Å². The second-order valence-corrected chi connectivity index (χ2v) is 9.66. The molecule has 164 valence electrons. The number of aliphatic imine (C=N–C) groups is 1. The lowest BCUT2D eigenvalue weighted by molar-refractivity contribution is 0.0963. The third-order valence-electron chi connectivity index (χ3n) is 4.79. The van der Waals surface area contributed by atoms with Crippen molar-refractivity contribution < 1.29 is 9.57 Å². The van der Waals surface area contributed by atoms with Crippen LogP contribution in [0.4, 0.5) is 0 Å². The number of nitrogens with zero attached hydrogens (tertiary/aromatic N) is 5. The van der Waals surface area contributed by atoms with Crippen LogP contribution in [0.25, 0.3) is 0 Å². The molecule has 1 atom stereocenters. The first kappa shape index (κ1) is 23.2. The van der Waals surface area contributed by atoms with Crippen LogP contribution in [0.15, 0.2) is 39.5 Å². The fraction of sp³-hybridized carbons (Fsp3) is 0.455. The summed E-state index contributed by atoms with van der Waals surface area (Å²) in [6.07, 6.45) is 7.79. The molecule has 0 saturated carbocycles. The predicted molar refractivity (Wildman–Crippen MR) is 124 cm³/mol. The Morgan fingerprint density at radius 3 is 2.90 bits per heavy atom. The standard InChI is InChI=1S/C22H26ClN5O2S/c1-22(2,3)19-13-28(12-17-6-5-9-30-17)21(31-19)27-20(25-14-24)18-10-16(23)8-7-15(18)11-26-29-4/h7-8,10-11,13,17H,5-6,9,12H2,1-4H3/b25-20?,26-11+,27-21?/t17-/m1/s1. The van der Waals surface area contributed by atoms with E-state index in [9.17, 15) is 5.26 Å². The largest absolute Gasteiger partial charge is 0.399 e. The van der Waals surface area contributed by atoms with Gasteiger partial charge in [-0.2, -0.15) is 15.2 Å². The van der Waals surface area contributed by atoms with Crippen LogP contribution in [-0.2, 0) is 21.5 Å². The Labute approximate surface area is 191 Å². The number of halogens is 1. The van der Waals surface area contributed by atoms with E-state index in [1.54, 1.807) is 35.8 Å². The van der Waals surface area contributed by atoms with Crippen molar-refractivity contribution in [3.05, 3.63) is 50.2 Å². The van der Waals surface area contributed by atoms with Gasteiger partial charge >= 0.3 is 0 Å². The Bertz CT molecular complexity index is 1080. The molecule has 2 heterocycles. The van der Waals surface area contributed by atoms with Crippen molar-refractivity contribution in [2.24, 2.45) is 15.1 Å². The van der Waals surface area contributed by atoms with Gasteiger partial charge in [0.1, 0.15) is 7.11 Å². The highest BCUT2D eigenvalue weighted by atomic mass is 35.5. The van der Waals surface area contributed by atoms with Gasteiger partial charge in [0.2, 0.25) is 6.19 Å². The smallest absolute Gasteiger partial charge is 0.207 e. The van der Waals surface area contributed by atoms with Crippen LogP contribution in [0.1, 0.15) is 49.6 Å². The monoisotopic (exact) mass is 459 g/mol. The molecule has 1 aliphatic rings. The van der Waals surface area contributed by atoms with Crippen molar-refractivity contribution in [1.29, 1.82) is 5.26 Å². The fourth-order valence-electron chi connectivity index (χ4n) is 3.18. The Kier molecular flexibility index (Phi) is 7.65. The van der Waals surface area contributed by atoms with E-state index >= 15 is 0 Å². The maximum Gasteiger partial charge on any atom is 0.207 e. The summed E-state index contributed by atoms with van der Waals surface area (Å²) in [5.74, 6) is 0.269. The number of amidine groups is 1. The van der Waals surface area contributed by atoms with Crippen LogP contribution in [0.3, 0.4) is 0 Å². The summed E-state index contributed by atoms with van der Waals surface area (Å²) in [5.41, 5.74) is 1.27. The van der Waals surface area contributed by atoms with E-state index < -0.39 is 0 Å². The number of hydrogen-bond donors (Lipinski definition) is 0. The van der Waals surface area contributed by atoms with Crippen LogP contribution >= 0.6 is 22.9 Å². The van der Waals surface area contributed by atoms with E-state index in [2.05, 4.69) is 41.7 Å². The van der Waals surface area contributed by atoms with Crippen molar-refractivity contribution in [2.75, 3.05) is 13.7 Å². The maximum absolute atomic E-state index is 9.33. The summed E-state index contributed by atoms with van der Waals surface area (Å²) in [4.78, 5) is 15.5. The van der Waals surface area contributed by atoms with Crippen molar-refractivity contribution in [3.8, 4) is 6.19 Å². The summed E-state index contributed by atoms with van der Waals surface area (Å²) in [6.45, 7) is 8.00. The van der Waals surface area contributed by atoms with Crippen molar-refractivity contribution in [1.82, 2.24) is 4.57 Å². The summed E-state index contributed by atoms with van der Waals surface area (Å²) >= 11 is 7.82. The van der Waals surface area contributed by atoms with Crippen LogP contribution in [0.2, 0.25) is 5.02 Å². The molecule has 31 heavy (non-hydrogen) atoms. The summed E-state index contributed by atoms with van der Waals surface area (Å²) < 4.78 is 7.93. The molecular formula is C22H26ClN5O2S. The first-order valence-corrected chi connectivity index (χ1v) is 11.2. The molecule has 1 fully saturated rings. The zero-order chi connectivity index (χ0) is 22.4. The Balaban J connectivity index is 2.14. The van der Waals surface area contributed by atoms with E-state index in [0.717, 1.165) is 24.2 Å². The molecule has 0 aliphatic carbocycles. The quantitative estimate of drug-likeness (QED) is 0.286. The van der Waals surface area contributed by atoms with E-state index in [4.69, 9.17) is 26.2 Å². The zero-order valence-corrected chi connectivity index (χ0v) is 19.7. The number of hydrogen-bond acceptors (Lipinski definition) is 6. The van der Waals surface area contributed by atoms with E-state index in [-0.39, 0.29) is 17.4 Å². The fourth-order valence-corrected chi connectivity index (χ4v) is 4.41. The lowest BCUT2D eigenvalue weighted by atomic mass is 9.95. The molecule has 9 heteroatoms. The van der Waals surface area contributed by atoms with Gasteiger partial charge in [-0.05, 0) is 30.4 Å². The molecule has 1 aliphatic heterocycles. The number of rotatable bonds is 5. The Morgan fingerprint density at radius 2 is 2.26 bits per heavy atom. The number of oxime groups is 1. The molecular weight excluding hydrogens is 434 g/mol. The van der Waals surface area contributed by atoms with E-state index in [1.165, 1.54) is 12.0 Å². The average molecular weight is 460 g/mol. The third kappa shape index (κ3) is 6.03. The van der Waals surface area contributed by atoms with Crippen molar-refractivity contribution >= 4 is 35.0 Å². The number of ether oxygens (including phenoxy) is 1. The minimum absolute atomic E-state index is 0.0322. The Hall–Kier alpha value is -2.47. The number of aromatic nitrogens is 1. The average Bonchev–Trinajstić information content (AvgIpc) is 3.37. The molecule has 0 N–H and O–H groups in total. The van der Waals surface area contributed by atoms with Gasteiger partial charge in [0.25, 0.3) is 0 Å². The molecule has 2 aromatic rings. The van der Waals surface area contributed by atoms with Crippen molar-refractivity contribution in [3.63, 3.8) is 0 Å². The van der Waals surface area contributed by atoms with Gasteiger partial charge in [0, 0.05) is 33.8 Å². The normalized spacial score (nSPS) is 18.0. The van der Waals surface area contributed by atoms with Crippen LogP contribution in [0.5, 0.6) is 0 Å². The van der Waals surface area contributed by atoms with Gasteiger partial charge in [-0.25, -0.2) is 0 Å². The van der Waals surface area contributed by atoms with Gasteiger partial charge in [0.15, 0.2) is 10.6 Å². The van der Waals surface area contributed by atoms with Crippen molar-refractivity contribution in [2.45, 2.75) is 51.7 Å². The van der Waals surface area contributed by atoms with Gasteiger partial charge in [-0.15, -0.1) is 11.3 Å². The number of thiazole rings is 1. The maximum atomic E-state index is 9.33. The lowest BCUT2D eigenvalue weighted by Crippen LogP contribution is -2.24. The van der Waals surface area contributed by atoms with Gasteiger partial charge in [-0.3, -0.25) is 0 Å². The summed E-state index contributed by atoms with van der Waals surface area (Å²) in [6, 6.07) is 5.26. The molecule has 7 nitrogen and oxygen atoms in total. The second kappa shape index (κ2) is 10.2. The topological polar surface area (TPSA) is 84.3 Å². The second-order valence-electron chi connectivity index (χ2n) is 8.21. The summed E-state index contributed by atoms with van der Waals surface area (Å²) in [5, 5.41) is 13.7. The molecule has 0 radical (unpaired) electrons. The highest BCUT2D eigenvalue weighted by Gasteiger charge is 2.21. The zero-order valence-electron chi connectivity index (χ0n) is 18.1. The minimum Gasteiger partial charge on any atom is -0.399 e. The SMILES string of the molecule is CO/N=C/c1ccc(Cl)cc1C(=NC#N)N=c1sc(C(C)(C)C)cn1C[C@H]1CCCO1. The molecule has 0 unspecified atom stereocenters. The molecule has 0 bridgehead atoms. The van der Waals surface area contributed by atoms with Crippen LogP contribution in [-0.4, -0.2) is 36.4 Å². The van der Waals surface area contributed by atoms with Gasteiger partial charge in [-0.1, -0.05) is 43.6 Å². The molecule has 1 aromatic heterocycles. The first-order chi connectivity index (χ1) is 14.8. The molecule has 1 aromatic carbocycles. The van der Waals surface area contributed by atoms with E-state index in [0.29, 0.717) is 22.7 Å². The van der Waals surface area contributed by atoms with Crippen LogP contribution in [0, 0.1) is 11.5 Å². The molecule has 0 amide bonds. The summed E-state index contributed by atoms with van der Waals surface area (Å²) in [7, 11) is 1.47. The van der Waals surface area contributed by atoms with Gasteiger partial charge < -0.3 is 14.1 Å². The molecule has 3 rings (SSSR count).